The van der Waals surface area contributed by atoms with Gasteiger partial charge in [-0.25, -0.2) is 0 Å². The van der Waals surface area contributed by atoms with E-state index in [0.29, 0.717) is 6.54 Å². The first-order valence-corrected chi connectivity index (χ1v) is 10.8. The van der Waals surface area contributed by atoms with E-state index >= 15 is 0 Å². The third-order valence-electron chi connectivity index (χ3n) is 6.13. The molecule has 0 atom stereocenters. The van der Waals surface area contributed by atoms with Gasteiger partial charge in [0, 0.05) is 54.8 Å². The monoisotopic (exact) mass is 413 g/mol. The van der Waals surface area contributed by atoms with Crippen molar-refractivity contribution in [1.82, 2.24) is 19.7 Å². The lowest BCUT2D eigenvalue weighted by Crippen LogP contribution is -2.49. The summed E-state index contributed by atoms with van der Waals surface area (Å²) < 4.78 is 1.80. The van der Waals surface area contributed by atoms with Crippen LogP contribution in [-0.2, 0) is 11.3 Å². The summed E-state index contributed by atoms with van der Waals surface area (Å²) in [6, 6.07) is 19.2. The van der Waals surface area contributed by atoms with Gasteiger partial charge in [0.15, 0.2) is 0 Å². The van der Waals surface area contributed by atoms with Gasteiger partial charge < -0.3 is 14.8 Å². The van der Waals surface area contributed by atoms with Gasteiger partial charge in [0.05, 0.1) is 5.69 Å². The Morgan fingerprint density at radius 3 is 2.58 bits per heavy atom. The fourth-order valence-electron chi connectivity index (χ4n) is 4.47. The highest BCUT2D eigenvalue weighted by Crippen LogP contribution is 2.33. The van der Waals surface area contributed by atoms with Gasteiger partial charge in [-0.3, -0.25) is 9.48 Å². The molecule has 6 heteroatoms. The fourth-order valence-corrected chi connectivity index (χ4v) is 4.47. The van der Waals surface area contributed by atoms with Crippen LogP contribution in [0.25, 0.3) is 22.0 Å². The second kappa shape index (κ2) is 7.95. The van der Waals surface area contributed by atoms with Crippen LogP contribution in [0, 0.1) is 13.8 Å². The van der Waals surface area contributed by atoms with Crippen LogP contribution in [0.5, 0.6) is 0 Å². The number of aromatic nitrogens is 3. The summed E-state index contributed by atoms with van der Waals surface area (Å²) >= 11 is 0. The highest BCUT2D eigenvalue weighted by molar-refractivity contribution is 5.88. The van der Waals surface area contributed by atoms with Gasteiger partial charge in [0.25, 0.3) is 0 Å². The second-order valence-corrected chi connectivity index (χ2v) is 8.25. The molecule has 158 valence electrons. The van der Waals surface area contributed by atoms with Crippen LogP contribution in [-0.4, -0.2) is 51.8 Å². The standard InChI is InChI=1S/C25H27N5O/c1-18-15-19(2)30(27-18)17-25(31)29-13-11-28(12-14-29)24-6-4-3-5-22(24)21-8-7-20-9-10-26-23(20)16-21/h3-10,15-16,26H,11-14,17H2,1-2H3. The Morgan fingerprint density at radius 1 is 1.00 bits per heavy atom. The van der Waals surface area contributed by atoms with Gasteiger partial charge in [-0.15, -0.1) is 0 Å². The molecule has 1 N–H and O–H groups in total. The summed E-state index contributed by atoms with van der Waals surface area (Å²) in [4.78, 5) is 20.5. The van der Waals surface area contributed by atoms with E-state index in [1.54, 1.807) is 4.68 Å². The number of aromatic amines is 1. The van der Waals surface area contributed by atoms with E-state index in [-0.39, 0.29) is 5.91 Å². The average Bonchev–Trinajstić information content (AvgIpc) is 3.38. The molecule has 0 unspecified atom stereocenters. The number of hydrogen-bond donors (Lipinski definition) is 1. The molecule has 31 heavy (non-hydrogen) atoms. The molecule has 1 saturated heterocycles. The second-order valence-electron chi connectivity index (χ2n) is 8.25. The zero-order valence-electron chi connectivity index (χ0n) is 18.0. The van der Waals surface area contributed by atoms with E-state index in [4.69, 9.17) is 0 Å². The van der Waals surface area contributed by atoms with Gasteiger partial charge in [0.2, 0.25) is 5.91 Å². The summed E-state index contributed by atoms with van der Waals surface area (Å²) in [5.41, 5.74) is 6.77. The molecule has 2 aromatic heterocycles. The maximum atomic E-state index is 12.8. The number of H-pyrrole nitrogens is 1. The van der Waals surface area contributed by atoms with Gasteiger partial charge in [-0.05, 0) is 49.1 Å². The van der Waals surface area contributed by atoms with E-state index in [1.165, 1.54) is 22.2 Å². The van der Waals surface area contributed by atoms with E-state index in [1.807, 2.05) is 31.0 Å². The SMILES string of the molecule is Cc1cc(C)n(CC(=O)N2CCN(c3ccccc3-c3ccc4cc[nH]c4c3)CC2)n1. The van der Waals surface area contributed by atoms with Crippen molar-refractivity contribution in [2.24, 2.45) is 0 Å². The molecule has 1 aliphatic rings. The normalized spacial score (nSPS) is 14.4. The van der Waals surface area contributed by atoms with Crippen LogP contribution in [0.2, 0.25) is 0 Å². The van der Waals surface area contributed by atoms with Crippen molar-refractivity contribution in [1.29, 1.82) is 0 Å². The number of nitrogens with zero attached hydrogens (tertiary/aromatic N) is 4. The van der Waals surface area contributed by atoms with Crippen molar-refractivity contribution in [3.8, 4) is 11.1 Å². The van der Waals surface area contributed by atoms with Gasteiger partial charge in [0.1, 0.15) is 6.54 Å². The molecule has 5 rings (SSSR count). The van der Waals surface area contributed by atoms with E-state index in [9.17, 15) is 4.79 Å². The van der Waals surface area contributed by atoms with Gasteiger partial charge in [-0.2, -0.15) is 5.10 Å². The summed E-state index contributed by atoms with van der Waals surface area (Å²) in [6.07, 6.45) is 1.97. The number of hydrogen-bond acceptors (Lipinski definition) is 3. The van der Waals surface area contributed by atoms with Crippen LogP contribution < -0.4 is 4.90 Å². The van der Waals surface area contributed by atoms with Crippen LogP contribution >= 0.6 is 0 Å². The number of aryl methyl sites for hydroxylation is 2. The van der Waals surface area contributed by atoms with Crippen molar-refractivity contribution >= 4 is 22.5 Å². The molecular formula is C25H27N5O. The minimum atomic E-state index is 0.135. The number of fused-ring (bicyclic) bond motifs is 1. The first kappa shape index (κ1) is 19.4. The van der Waals surface area contributed by atoms with Crippen molar-refractivity contribution in [3.63, 3.8) is 0 Å². The number of carbonyl (C=O) groups is 1. The Morgan fingerprint density at radius 2 is 1.81 bits per heavy atom. The Bertz CT molecular complexity index is 1230. The maximum Gasteiger partial charge on any atom is 0.244 e. The number of rotatable bonds is 4. The molecular weight excluding hydrogens is 386 g/mol. The minimum Gasteiger partial charge on any atom is -0.367 e. The van der Waals surface area contributed by atoms with E-state index in [0.717, 1.165) is 43.1 Å². The summed E-state index contributed by atoms with van der Waals surface area (Å²) in [5.74, 6) is 0.135. The lowest BCUT2D eigenvalue weighted by molar-refractivity contribution is -0.132. The van der Waals surface area contributed by atoms with E-state index in [2.05, 4.69) is 63.5 Å². The van der Waals surface area contributed by atoms with Crippen LogP contribution in [0.3, 0.4) is 0 Å². The summed E-state index contributed by atoms with van der Waals surface area (Å²) in [7, 11) is 0. The van der Waals surface area contributed by atoms with Crippen LogP contribution in [0.4, 0.5) is 5.69 Å². The molecule has 0 aliphatic carbocycles. The van der Waals surface area contributed by atoms with Crippen molar-refractivity contribution in [3.05, 3.63) is 72.2 Å². The molecule has 1 aliphatic heterocycles. The number of amides is 1. The topological polar surface area (TPSA) is 57.2 Å². The number of nitrogens with one attached hydrogen (secondary N) is 1. The molecule has 0 saturated carbocycles. The average molecular weight is 414 g/mol. The summed E-state index contributed by atoms with van der Waals surface area (Å²) in [6.45, 7) is 7.36. The lowest BCUT2D eigenvalue weighted by Gasteiger charge is -2.37. The third kappa shape index (κ3) is 3.81. The first-order valence-electron chi connectivity index (χ1n) is 10.8. The molecule has 0 spiro atoms. The smallest absolute Gasteiger partial charge is 0.244 e. The van der Waals surface area contributed by atoms with Crippen LogP contribution in [0.15, 0.2) is 60.8 Å². The molecule has 3 heterocycles. The summed E-state index contributed by atoms with van der Waals surface area (Å²) in [5, 5.41) is 5.65. The predicted octanol–water partition coefficient (Wildman–Crippen LogP) is 4.00. The Hall–Kier alpha value is -3.54. The van der Waals surface area contributed by atoms with Crippen molar-refractivity contribution in [2.75, 3.05) is 31.1 Å². The zero-order chi connectivity index (χ0) is 21.4. The molecule has 2 aromatic carbocycles. The van der Waals surface area contributed by atoms with Crippen LogP contribution in [0.1, 0.15) is 11.4 Å². The van der Waals surface area contributed by atoms with Crippen molar-refractivity contribution in [2.45, 2.75) is 20.4 Å². The van der Waals surface area contributed by atoms with Gasteiger partial charge >= 0.3 is 0 Å². The molecule has 0 bridgehead atoms. The first-order chi connectivity index (χ1) is 15.1. The highest BCUT2D eigenvalue weighted by atomic mass is 16.2. The Labute approximate surface area is 182 Å². The molecule has 1 amide bonds. The number of anilines is 1. The third-order valence-corrected chi connectivity index (χ3v) is 6.13. The Balaban J connectivity index is 1.31. The van der Waals surface area contributed by atoms with E-state index < -0.39 is 0 Å². The van der Waals surface area contributed by atoms with Gasteiger partial charge in [-0.1, -0.05) is 30.3 Å². The number of para-hydroxylation sites is 1. The largest absolute Gasteiger partial charge is 0.367 e. The lowest BCUT2D eigenvalue weighted by atomic mass is 10.0. The highest BCUT2D eigenvalue weighted by Gasteiger charge is 2.23. The predicted molar refractivity (Wildman–Crippen MR) is 124 cm³/mol. The minimum absolute atomic E-state index is 0.135. The van der Waals surface area contributed by atoms with Crippen molar-refractivity contribution < 1.29 is 4.79 Å². The Kier molecular flexibility index (Phi) is 4.98. The zero-order valence-corrected chi connectivity index (χ0v) is 18.0. The quantitative estimate of drug-likeness (QED) is 0.550. The number of carbonyl (C=O) groups excluding carboxylic acids is 1. The number of benzene rings is 2. The molecule has 0 radical (unpaired) electrons. The maximum absolute atomic E-state index is 12.8. The molecule has 6 nitrogen and oxygen atoms in total. The fraction of sp³-hybridized carbons (Fsp3) is 0.280. The molecule has 4 aromatic rings. The molecule has 1 fully saturated rings. The number of piperazine rings is 1.